The summed E-state index contributed by atoms with van der Waals surface area (Å²) in [6.07, 6.45) is 0. The third-order valence-electron chi connectivity index (χ3n) is 2.67. The molecule has 0 heterocycles. The predicted octanol–water partition coefficient (Wildman–Crippen LogP) is 5.06. The summed E-state index contributed by atoms with van der Waals surface area (Å²) in [6.45, 7) is 0. The summed E-state index contributed by atoms with van der Waals surface area (Å²) in [5.41, 5.74) is 6.08. The van der Waals surface area contributed by atoms with Crippen LogP contribution >= 0.6 is 47.8 Å². The molecule has 0 fully saturated rings. The molecule has 0 aliphatic rings. The molecule has 0 bridgehead atoms. The average Bonchev–Trinajstić information content (AvgIpc) is 2.44. The fraction of sp³-hybridized carbons (Fsp3) is 0.0714. The SMILES string of the molecule is COc1cc(Br)c(Oc2ccc(C(=N)N)cc2Br)cc1Br. The van der Waals surface area contributed by atoms with Crippen molar-refractivity contribution in [2.24, 2.45) is 5.73 Å². The highest BCUT2D eigenvalue weighted by Crippen LogP contribution is 2.39. The summed E-state index contributed by atoms with van der Waals surface area (Å²) in [6, 6.07) is 8.86. The second-order valence-electron chi connectivity index (χ2n) is 4.08. The van der Waals surface area contributed by atoms with Crippen LogP contribution in [0.5, 0.6) is 17.2 Å². The second kappa shape index (κ2) is 6.81. The Bertz CT molecular complexity index is 705. The van der Waals surface area contributed by atoms with Crippen LogP contribution in [0.1, 0.15) is 5.56 Å². The van der Waals surface area contributed by atoms with Crippen molar-refractivity contribution < 1.29 is 9.47 Å². The fourth-order valence-electron chi connectivity index (χ4n) is 1.61. The maximum atomic E-state index is 7.42. The van der Waals surface area contributed by atoms with Gasteiger partial charge < -0.3 is 15.2 Å². The number of hydrogen-bond acceptors (Lipinski definition) is 3. The summed E-state index contributed by atoms with van der Waals surface area (Å²) in [4.78, 5) is 0. The average molecular weight is 479 g/mol. The molecule has 110 valence electrons. The van der Waals surface area contributed by atoms with Crippen molar-refractivity contribution in [1.29, 1.82) is 5.41 Å². The van der Waals surface area contributed by atoms with Gasteiger partial charge in [0.1, 0.15) is 23.1 Å². The molecular weight excluding hydrogens is 468 g/mol. The zero-order chi connectivity index (χ0) is 15.6. The lowest BCUT2D eigenvalue weighted by atomic mass is 10.2. The number of ether oxygens (including phenoxy) is 2. The molecule has 0 radical (unpaired) electrons. The van der Waals surface area contributed by atoms with Gasteiger partial charge in [0.25, 0.3) is 0 Å². The van der Waals surface area contributed by atoms with Crippen molar-refractivity contribution in [3.63, 3.8) is 0 Å². The minimum Gasteiger partial charge on any atom is -0.496 e. The lowest BCUT2D eigenvalue weighted by molar-refractivity contribution is 0.409. The number of methoxy groups -OCH3 is 1. The standard InChI is InChI=1S/C14H11Br3N2O2/c1-20-12-5-10(17)13(6-9(12)16)21-11-3-2-7(14(18)19)4-8(11)15/h2-6H,1H3,(H3,18,19). The number of nitrogen functional groups attached to an aromatic ring is 1. The highest BCUT2D eigenvalue weighted by atomic mass is 79.9. The molecule has 0 aliphatic carbocycles. The molecule has 0 saturated heterocycles. The van der Waals surface area contributed by atoms with E-state index in [1.165, 1.54) is 0 Å². The number of benzene rings is 2. The number of hydrogen-bond donors (Lipinski definition) is 2. The van der Waals surface area contributed by atoms with E-state index in [1.54, 1.807) is 25.3 Å². The van der Waals surface area contributed by atoms with E-state index >= 15 is 0 Å². The van der Waals surface area contributed by atoms with Gasteiger partial charge in [0.15, 0.2) is 0 Å². The highest BCUT2D eigenvalue weighted by molar-refractivity contribution is 9.11. The number of nitrogens with one attached hydrogen (secondary N) is 1. The molecule has 21 heavy (non-hydrogen) atoms. The smallest absolute Gasteiger partial charge is 0.143 e. The molecule has 0 amide bonds. The van der Waals surface area contributed by atoms with E-state index in [4.69, 9.17) is 20.6 Å². The quantitative estimate of drug-likeness (QED) is 0.477. The summed E-state index contributed by atoms with van der Waals surface area (Å²) < 4.78 is 13.4. The molecule has 0 atom stereocenters. The molecule has 4 nitrogen and oxygen atoms in total. The Kier molecular flexibility index (Phi) is 5.29. The van der Waals surface area contributed by atoms with E-state index < -0.39 is 0 Å². The second-order valence-corrected chi connectivity index (χ2v) is 6.64. The van der Waals surface area contributed by atoms with Gasteiger partial charge in [0, 0.05) is 5.56 Å². The first kappa shape index (κ1) is 16.3. The molecule has 0 aliphatic heterocycles. The summed E-state index contributed by atoms with van der Waals surface area (Å²) in [5.74, 6) is 1.98. The van der Waals surface area contributed by atoms with Gasteiger partial charge in [-0.15, -0.1) is 0 Å². The van der Waals surface area contributed by atoms with Crippen LogP contribution in [0.4, 0.5) is 0 Å². The molecule has 0 saturated carbocycles. The zero-order valence-corrected chi connectivity index (χ0v) is 15.7. The van der Waals surface area contributed by atoms with Crippen molar-refractivity contribution >= 4 is 53.6 Å². The third-order valence-corrected chi connectivity index (χ3v) is 4.53. The zero-order valence-electron chi connectivity index (χ0n) is 10.9. The first-order valence-electron chi connectivity index (χ1n) is 5.77. The molecule has 7 heteroatoms. The normalized spacial score (nSPS) is 10.3. The monoisotopic (exact) mass is 476 g/mol. The number of nitrogens with two attached hydrogens (primary N) is 1. The molecule has 0 unspecified atom stereocenters. The van der Waals surface area contributed by atoms with E-state index in [-0.39, 0.29) is 5.84 Å². The van der Waals surface area contributed by atoms with E-state index in [0.29, 0.717) is 27.3 Å². The number of amidine groups is 1. The minimum atomic E-state index is 0.00984. The van der Waals surface area contributed by atoms with Gasteiger partial charge in [-0.1, -0.05) is 0 Å². The largest absolute Gasteiger partial charge is 0.496 e. The van der Waals surface area contributed by atoms with Gasteiger partial charge in [-0.25, -0.2) is 0 Å². The molecule has 2 aromatic carbocycles. The summed E-state index contributed by atoms with van der Waals surface area (Å²) >= 11 is 10.3. The Labute approximate surface area is 147 Å². The van der Waals surface area contributed by atoms with E-state index in [2.05, 4.69) is 47.8 Å². The van der Waals surface area contributed by atoms with Crippen LogP contribution < -0.4 is 15.2 Å². The predicted molar refractivity (Wildman–Crippen MR) is 93.6 cm³/mol. The molecular formula is C14H11Br3N2O2. The molecule has 2 rings (SSSR count). The van der Waals surface area contributed by atoms with Gasteiger partial charge in [-0.2, -0.15) is 0 Å². The van der Waals surface area contributed by atoms with Gasteiger partial charge in [-0.05, 0) is 78.1 Å². The van der Waals surface area contributed by atoms with Crippen molar-refractivity contribution in [3.8, 4) is 17.2 Å². The van der Waals surface area contributed by atoms with Crippen LogP contribution in [0.15, 0.2) is 43.7 Å². The van der Waals surface area contributed by atoms with E-state index in [0.717, 1.165) is 8.95 Å². The fourth-order valence-corrected chi connectivity index (χ4v) is 2.96. The molecule has 2 aromatic rings. The Morgan fingerprint density at radius 1 is 0.952 bits per heavy atom. The first-order chi connectivity index (χ1) is 9.92. The van der Waals surface area contributed by atoms with Crippen molar-refractivity contribution in [1.82, 2.24) is 0 Å². The van der Waals surface area contributed by atoms with Crippen LogP contribution in [-0.4, -0.2) is 12.9 Å². The molecule has 3 N–H and O–H groups in total. The number of halogens is 3. The maximum absolute atomic E-state index is 7.42. The van der Waals surface area contributed by atoms with Crippen LogP contribution in [0.2, 0.25) is 0 Å². The van der Waals surface area contributed by atoms with Gasteiger partial charge in [0.05, 0.1) is 20.5 Å². The Balaban J connectivity index is 2.34. The molecule has 0 spiro atoms. The summed E-state index contributed by atoms with van der Waals surface area (Å²) in [7, 11) is 1.60. The van der Waals surface area contributed by atoms with E-state index in [1.807, 2.05) is 12.1 Å². The van der Waals surface area contributed by atoms with Crippen molar-refractivity contribution in [2.45, 2.75) is 0 Å². The Hall–Kier alpha value is -1.05. The van der Waals surface area contributed by atoms with Gasteiger partial charge >= 0.3 is 0 Å². The highest BCUT2D eigenvalue weighted by Gasteiger charge is 2.11. The third kappa shape index (κ3) is 3.78. The summed E-state index contributed by atoms with van der Waals surface area (Å²) in [5, 5.41) is 7.42. The van der Waals surface area contributed by atoms with Crippen molar-refractivity contribution in [2.75, 3.05) is 7.11 Å². The lowest BCUT2D eigenvalue weighted by Gasteiger charge is -2.12. The minimum absolute atomic E-state index is 0.00984. The van der Waals surface area contributed by atoms with Crippen LogP contribution in [0.3, 0.4) is 0 Å². The van der Waals surface area contributed by atoms with E-state index in [9.17, 15) is 0 Å². The molecule has 0 aromatic heterocycles. The maximum Gasteiger partial charge on any atom is 0.143 e. The van der Waals surface area contributed by atoms with Crippen molar-refractivity contribution in [3.05, 3.63) is 49.3 Å². The lowest BCUT2D eigenvalue weighted by Crippen LogP contribution is -2.10. The van der Waals surface area contributed by atoms with Crippen LogP contribution in [0.25, 0.3) is 0 Å². The topological polar surface area (TPSA) is 68.3 Å². The van der Waals surface area contributed by atoms with Crippen LogP contribution in [0, 0.1) is 5.41 Å². The Morgan fingerprint density at radius 3 is 2.10 bits per heavy atom. The van der Waals surface area contributed by atoms with Crippen LogP contribution in [-0.2, 0) is 0 Å². The van der Waals surface area contributed by atoms with Gasteiger partial charge in [-0.3, -0.25) is 5.41 Å². The first-order valence-corrected chi connectivity index (χ1v) is 8.15. The van der Waals surface area contributed by atoms with Gasteiger partial charge in [0.2, 0.25) is 0 Å². The number of rotatable bonds is 4. The Morgan fingerprint density at radius 2 is 1.52 bits per heavy atom.